The number of benzene rings is 1. The Morgan fingerprint density at radius 3 is 2.60 bits per heavy atom. The van der Waals surface area contributed by atoms with Gasteiger partial charge in [0, 0.05) is 16.8 Å². The maximum absolute atomic E-state index is 11.1. The Bertz CT molecular complexity index is 696. The second-order valence-corrected chi connectivity index (χ2v) is 5.01. The molecule has 0 saturated carbocycles. The van der Waals surface area contributed by atoms with Gasteiger partial charge < -0.3 is 15.0 Å². The van der Waals surface area contributed by atoms with Crippen molar-refractivity contribution in [2.45, 2.75) is 27.7 Å². The standard InChI is InChI=1S/C16H20N2O2/c1-9(8-10(2)19)17-14-7-6-13-11(3)12(4)18-15(13)16(14)20-5/h6-8,17-18H,1-5H3/b9-8+. The van der Waals surface area contributed by atoms with Crippen LogP contribution in [0.2, 0.25) is 0 Å². The van der Waals surface area contributed by atoms with E-state index < -0.39 is 0 Å². The summed E-state index contributed by atoms with van der Waals surface area (Å²) >= 11 is 0. The highest BCUT2D eigenvalue weighted by Crippen LogP contribution is 2.36. The molecule has 0 spiro atoms. The number of carbonyl (C=O) groups excluding carboxylic acids is 1. The minimum Gasteiger partial charge on any atom is -0.492 e. The Hall–Kier alpha value is -2.23. The topological polar surface area (TPSA) is 54.1 Å². The lowest BCUT2D eigenvalue weighted by molar-refractivity contribution is -0.112. The van der Waals surface area contributed by atoms with Gasteiger partial charge in [-0.3, -0.25) is 4.79 Å². The fourth-order valence-corrected chi connectivity index (χ4v) is 2.37. The molecule has 2 N–H and O–H groups in total. The van der Waals surface area contributed by atoms with Crippen LogP contribution in [0.25, 0.3) is 10.9 Å². The molecule has 0 unspecified atom stereocenters. The van der Waals surface area contributed by atoms with Crippen molar-refractivity contribution in [1.82, 2.24) is 4.98 Å². The van der Waals surface area contributed by atoms with Crippen LogP contribution in [-0.2, 0) is 4.79 Å². The van der Waals surface area contributed by atoms with Crippen LogP contribution in [0, 0.1) is 13.8 Å². The Kier molecular flexibility index (Phi) is 3.84. The maximum atomic E-state index is 11.1. The van der Waals surface area contributed by atoms with Gasteiger partial charge in [-0.05, 0) is 45.4 Å². The number of anilines is 1. The molecule has 4 heteroatoms. The molecular weight excluding hydrogens is 252 g/mol. The number of hydrogen-bond donors (Lipinski definition) is 2. The van der Waals surface area contributed by atoms with Crippen LogP contribution in [0.3, 0.4) is 0 Å². The van der Waals surface area contributed by atoms with Crippen molar-refractivity contribution in [2.75, 3.05) is 12.4 Å². The molecule has 0 saturated heterocycles. The number of fused-ring (bicyclic) bond motifs is 1. The predicted octanol–water partition coefficient (Wildman–Crippen LogP) is 3.70. The molecule has 4 nitrogen and oxygen atoms in total. The molecule has 0 aliphatic rings. The Morgan fingerprint density at radius 2 is 2.00 bits per heavy atom. The van der Waals surface area contributed by atoms with Crippen LogP contribution in [-0.4, -0.2) is 17.9 Å². The summed E-state index contributed by atoms with van der Waals surface area (Å²) in [6, 6.07) is 4.03. The van der Waals surface area contributed by atoms with Crippen molar-refractivity contribution in [3.63, 3.8) is 0 Å². The van der Waals surface area contributed by atoms with Crippen LogP contribution >= 0.6 is 0 Å². The molecule has 2 aromatic rings. The lowest BCUT2D eigenvalue weighted by atomic mass is 10.1. The van der Waals surface area contributed by atoms with E-state index in [1.807, 2.05) is 19.9 Å². The van der Waals surface area contributed by atoms with Crippen LogP contribution in [0.15, 0.2) is 23.9 Å². The molecule has 0 aliphatic carbocycles. The summed E-state index contributed by atoms with van der Waals surface area (Å²) in [4.78, 5) is 14.5. The molecule has 106 valence electrons. The number of carbonyl (C=O) groups is 1. The van der Waals surface area contributed by atoms with E-state index >= 15 is 0 Å². The third-order valence-electron chi connectivity index (χ3n) is 3.39. The zero-order valence-electron chi connectivity index (χ0n) is 12.5. The minimum absolute atomic E-state index is 0.0154. The maximum Gasteiger partial charge on any atom is 0.166 e. The van der Waals surface area contributed by atoms with Gasteiger partial charge in [-0.1, -0.05) is 6.07 Å². The average molecular weight is 272 g/mol. The molecule has 1 aromatic carbocycles. The average Bonchev–Trinajstić information content (AvgIpc) is 2.64. The fraction of sp³-hybridized carbons (Fsp3) is 0.312. The zero-order valence-corrected chi connectivity index (χ0v) is 12.5. The van der Waals surface area contributed by atoms with Crippen LogP contribution < -0.4 is 10.1 Å². The smallest absolute Gasteiger partial charge is 0.166 e. The van der Waals surface area contributed by atoms with Gasteiger partial charge in [0.1, 0.15) is 0 Å². The zero-order chi connectivity index (χ0) is 14.9. The highest BCUT2D eigenvalue weighted by Gasteiger charge is 2.13. The first kappa shape index (κ1) is 14.2. The quantitative estimate of drug-likeness (QED) is 0.834. The van der Waals surface area contributed by atoms with E-state index in [-0.39, 0.29) is 5.78 Å². The van der Waals surface area contributed by atoms with Gasteiger partial charge in [0.15, 0.2) is 11.5 Å². The van der Waals surface area contributed by atoms with Crippen LogP contribution in [0.5, 0.6) is 5.75 Å². The number of aromatic amines is 1. The molecule has 0 aliphatic heterocycles. The van der Waals surface area contributed by atoms with Gasteiger partial charge in [0.2, 0.25) is 0 Å². The van der Waals surface area contributed by atoms with Crippen molar-refractivity contribution < 1.29 is 9.53 Å². The molecule has 1 heterocycles. The van der Waals surface area contributed by atoms with Gasteiger partial charge >= 0.3 is 0 Å². The second-order valence-electron chi connectivity index (χ2n) is 5.01. The lowest BCUT2D eigenvalue weighted by Gasteiger charge is -2.12. The molecule has 0 atom stereocenters. The number of ketones is 1. The number of hydrogen-bond acceptors (Lipinski definition) is 3. The number of methoxy groups -OCH3 is 1. The fourth-order valence-electron chi connectivity index (χ4n) is 2.37. The first-order valence-electron chi connectivity index (χ1n) is 6.55. The molecule has 0 amide bonds. The summed E-state index contributed by atoms with van der Waals surface area (Å²) in [5.41, 5.74) is 4.96. The minimum atomic E-state index is 0.0154. The monoisotopic (exact) mass is 272 g/mol. The normalized spacial score (nSPS) is 11.8. The van der Waals surface area contributed by atoms with Gasteiger partial charge in [-0.25, -0.2) is 0 Å². The number of aromatic nitrogens is 1. The van der Waals surface area contributed by atoms with Gasteiger partial charge in [0.25, 0.3) is 0 Å². The van der Waals surface area contributed by atoms with Crippen molar-refractivity contribution in [2.24, 2.45) is 0 Å². The largest absolute Gasteiger partial charge is 0.492 e. The molecular formula is C16H20N2O2. The third-order valence-corrected chi connectivity index (χ3v) is 3.39. The first-order chi connectivity index (χ1) is 9.43. The van der Waals surface area contributed by atoms with E-state index in [0.29, 0.717) is 0 Å². The molecule has 0 fully saturated rings. The summed E-state index contributed by atoms with van der Waals surface area (Å²) in [6.07, 6.45) is 1.56. The van der Waals surface area contributed by atoms with Crippen molar-refractivity contribution in [3.8, 4) is 5.75 Å². The Balaban J connectivity index is 2.52. The Morgan fingerprint density at radius 1 is 1.30 bits per heavy atom. The molecule has 2 rings (SSSR count). The third kappa shape index (κ3) is 2.54. The number of allylic oxidation sites excluding steroid dienone is 2. The van der Waals surface area contributed by atoms with E-state index in [2.05, 4.69) is 23.3 Å². The van der Waals surface area contributed by atoms with Gasteiger partial charge in [0.05, 0.1) is 18.3 Å². The summed E-state index contributed by atoms with van der Waals surface area (Å²) in [5.74, 6) is 0.775. The van der Waals surface area contributed by atoms with E-state index in [4.69, 9.17) is 4.74 Å². The summed E-state index contributed by atoms with van der Waals surface area (Å²) in [6.45, 7) is 7.52. The SMILES string of the molecule is COc1c(N/C(C)=C/C(C)=O)ccc2c(C)c(C)[nH]c12. The van der Waals surface area contributed by atoms with E-state index in [1.54, 1.807) is 13.2 Å². The van der Waals surface area contributed by atoms with E-state index in [9.17, 15) is 4.79 Å². The van der Waals surface area contributed by atoms with Crippen LogP contribution in [0.1, 0.15) is 25.1 Å². The summed E-state index contributed by atoms with van der Waals surface area (Å²) in [7, 11) is 1.65. The molecule has 1 aromatic heterocycles. The van der Waals surface area contributed by atoms with E-state index in [1.165, 1.54) is 12.5 Å². The Labute approximate surface area is 118 Å². The summed E-state index contributed by atoms with van der Waals surface area (Å²) < 4.78 is 5.53. The van der Waals surface area contributed by atoms with Gasteiger partial charge in [-0.2, -0.15) is 0 Å². The van der Waals surface area contributed by atoms with Gasteiger partial charge in [-0.15, -0.1) is 0 Å². The first-order valence-corrected chi connectivity index (χ1v) is 6.55. The lowest BCUT2D eigenvalue weighted by Crippen LogP contribution is -2.00. The number of H-pyrrole nitrogens is 1. The van der Waals surface area contributed by atoms with Crippen molar-refractivity contribution in [1.29, 1.82) is 0 Å². The van der Waals surface area contributed by atoms with Crippen molar-refractivity contribution in [3.05, 3.63) is 35.2 Å². The van der Waals surface area contributed by atoms with Crippen LogP contribution in [0.4, 0.5) is 5.69 Å². The summed E-state index contributed by atoms with van der Waals surface area (Å²) in [5, 5.41) is 4.36. The highest BCUT2D eigenvalue weighted by atomic mass is 16.5. The molecule has 20 heavy (non-hydrogen) atoms. The predicted molar refractivity (Wildman–Crippen MR) is 82.4 cm³/mol. The number of ether oxygens (including phenoxy) is 1. The number of aryl methyl sites for hydroxylation is 2. The molecule has 0 radical (unpaired) electrons. The second kappa shape index (κ2) is 5.41. The number of nitrogens with one attached hydrogen (secondary N) is 2. The van der Waals surface area contributed by atoms with Crippen molar-refractivity contribution >= 4 is 22.4 Å². The number of rotatable bonds is 4. The van der Waals surface area contributed by atoms with E-state index in [0.717, 1.165) is 33.7 Å². The molecule has 0 bridgehead atoms. The highest BCUT2D eigenvalue weighted by molar-refractivity contribution is 5.94.